The molecule has 0 bridgehead atoms. The molecule has 0 aliphatic rings. The molecular formula is C28H52NO6+. The molecule has 3 N–H and O–H groups in total. The van der Waals surface area contributed by atoms with Crippen molar-refractivity contribution in [2.75, 3.05) is 26.2 Å². The molecule has 0 rings (SSSR count). The molecule has 0 aromatic heterocycles. The Morgan fingerprint density at radius 1 is 0.600 bits per heavy atom. The van der Waals surface area contributed by atoms with Crippen LogP contribution in [0.1, 0.15) is 105 Å². The molecule has 0 saturated heterocycles. The van der Waals surface area contributed by atoms with Gasteiger partial charge in [0.15, 0.2) is 0 Å². The molecule has 3 unspecified atom stereocenters. The lowest BCUT2D eigenvalue weighted by Crippen LogP contribution is -2.57. The molecule has 7 heteroatoms. The van der Waals surface area contributed by atoms with Crippen LogP contribution in [-0.4, -0.2) is 63.9 Å². The third kappa shape index (κ3) is 16.4. The van der Waals surface area contributed by atoms with E-state index in [2.05, 4.69) is 19.1 Å². The fourth-order valence-electron chi connectivity index (χ4n) is 4.83. The Balaban J connectivity index is 4.75. The SMILES string of the molecule is CCCCCCCCCCC/C=C/CCC[N+](CC(C)C(=O)O)(CC(C)C(=O)O)CC(C)C(=O)O. The van der Waals surface area contributed by atoms with E-state index in [0.717, 1.165) is 19.3 Å². The number of carboxylic acids is 3. The van der Waals surface area contributed by atoms with Gasteiger partial charge in [-0.2, -0.15) is 0 Å². The van der Waals surface area contributed by atoms with Crippen LogP contribution < -0.4 is 0 Å². The Morgan fingerprint density at radius 3 is 1.31 bits per heavy atom. The smallest absolute Gasteiger partial charge is 0.311 e. The average Bonchev–Trinajstić information content (AvgIpc) is 2.78. The van der Waals surface area contributed by atoms with E-state index in [9.17, 15) is 29.7 Å². The number of unbranched alkanes of at least 4 members (excludes halogenated alkanes) is 10. The van der Waals surface area contributed by atoms with Gasteiger partial charge < -0.3 is 19.8 Å². The van der Waals surface area contributed by atoms with Crippen LogP contribution in [0.3, 0.4) is 0 Å². The Kier molecular flexibility index (Phi) is 18.3. The molecule has 0 aromatic carbocycles. The predicted molar refractivity (Wildman–Crippen MR) is 140 cm³/mol. The summed E-state index contributed by atoms with van der Waals surface area (Å²) in [6, 6.07) is 0. The molecule has 0 saturated carbocycles. The summed E-state index contributed by atoms with van der Waals surface area (Å²) in [4.78, 5) is 34.7. The minimum Gasteiger partial charge on any atom is -0.481 e. The molecule has 0 aliphatic carbocycles. The number of nitrogens with zero attached hydrogens (tertiary/aromatic N) is 1. The highest BCUT2D eigenvalue weighted by Crippen LogP contribution is 2.21. The summed E-state index contributed by atoms with van der Waals surface area (Å²) in [7, 11) is 0. The second kappa shape index (κ2) is 19.3. The monoisotopic (exact) mass is 498 g/mol. The van der Waals surface area contributed by atoms with Crippen molar-refractivity contribution >= 4 is 17.9 Å². The van der Waals surface area contributed by atoms with Gasteiger partial charge in [0, 0.05) is 6.42 Å². The van der Waals surface area contributed by atoms with Gasteiger partial charge in [-0.1, -0.05) is 70.4 Å². The molecule has 0 radical (unpaired) electrons. The van der Waals surface area contributed by atoms with Crippen LogP contribution in [0.4, 0.5) is 0 Å². The van der Waals surface area contributed by atoms with Gasteiger partial charge in [0.2, 0.25) is 0 Å². The first-order chi connectivity index (χ1) is 16.5. The van der Waals surface area contributed by atoms with Gasteiger partial charge in [-0.3, -0.25) is 14.4 Å². The first kappa shape index (κ1) is 33.1. The van der Waals surface area contributed by atoms with E-state index in [1.165, 1.54) is 57.8 Å². The molecule has 0 heterocycles. The van der Waals surface area contributed by atoms with Crippen molar-refractivity contribution in [2.45, 2.75) is 105 Å². The first-order valence-electron chi connectivity index (χ1n) is 13.7. The molecule has 0 aliphatic heterocycles. The highest BCUT2D eigenvalue weighted by molar-refractivity contribution is 5.70. The first-order valence-corrected chi connectivity index (χ1v) is 13.7. The van der Waals surface area contributed by atoms with Gasteiger partial charge in [0.1, 0.15) is 17.8 Å². The van der Waals surface area contributed by atoms with E-state index >= 15 is 0 Å². The number of quaternary nitrogens is 1. The van der Waals surface area contributed by atoms with Crippen molar-refractivity contribution in [3.8, 4) is 0 Å². The van der Waals surface area contributed by atoms with Gasteiger partial charge in [-0.15, -0.1) is 0 Å². The Labute approximate surface area is 213 Å². The summed E-state index contributed by atoms with van der Waals surface area (Å²) in [5.74, 6) is -4.88. The van der Waals surface area contributed by atoms with Crippen molar-refractivity contribution < 1.29 is 34.2 Å². The molecule has 204 valence electrons. The summed E-state index contributed by atoms with van der Waals surface area (Å²) in [5, 5.41) is 28.4. The zero-order valence-corrected chi connectivity index (χ0v) is 22.7. The number of carbonyl (C=O) groups is 3. The third-order valence-corrected chi connectivity index (χ3v) is 6.89. The number of hydrogen-bond acceptors (Lipinski definition) is 3. The van der Waals surface area contributed by atoms with Gasteiger partial charge in [-0.05, 0) is 40.0 Å². The lowest BCUT2D eigenvalue weighted by atomic mass is 10.0. The molecule has 35 heavy (non-hydrogen) atoms. The van der Waals surface area contributed by atoms with Crippen molar-refractivity contribution in [1.29, 1.82) is 0 Å². The number of hydrogen-bond donors (Lipinski definition) is 3. The number of aliphatic carboxylic acids is 3. The second-order valence-electron chi connectivity index (χ2n) is 10.6. The van der Waals surface area contributed by atoms with Crippen LogP contribution in [0, 0.1) is 17.8 Å². The second-order valence-corrected chi connectivity index (χ2v) is 10.6. The molecule has 0 fully saturated rings. The largest absolute Gasteiger partial charge is 0.481 e. The van der Waals surface area contributed by atoms with Gasteiger partial charge in [0.05, 0.1) is 26.2 Å². The highest BCUT2D eigenvalue weighted by Gasteiger charge is 2.37. The lowest BCUT2D eigenvalue weighted by Gasteiger charge is -2.42. The van der Waals surface area contributed by atoms with Crippen LogP contribution in [0.25, 0.3) is 0 Å². The maximum absolute atomic E-state index is 11.6. The fourth-order valence-corrected chi connectivity index (χ4v) is 4.83. The summed E-state index contributed by atoms with van der Waals surface area (Å²) < 4.78 is 0.195. The lowest BCUT2D eigenvalue weighted by molar-refractivity contribution is -0.934. The molecular weight excluding hydrogens is 446 g/mol. The van der Waals surface area contributed by atoms with Gasteiger partial charge >= 0.3 is 17.9 Å². The van der Waals surface area contributed by atoms with Crippen molar-refractivity contribution in [2.24, 2.45) is 17.8 Å². The van der Waals surface area contributed by atoms with Gasteiger partial charge in [-0.25, -0.2) is 0 Å². The van der Waals surface area contributed by atoms with E-state index < -0.39 is 35.7 Å². The number of carboxylic acid groups (broad SMARTS) is 3. The molecule has 0 spiro atoms. The normalized spacial score (nSPS) is 16.0. The molecule has 0 amide bonds. The van der Waals surface area contributed by atoms with Crippen LogP contribution in [0.15, 0.2) is 12.2 Å². The summed E-state index contributed by atoms with van der Waals surface area (Å²) in [5.41, 5.74) is 0. The van der Waals surface area contributed by atoms with Crippen LogP contribution in [-0.2, 0) is 14.4 Å². The van der Waals surface area contributed by atoms with Crippen molar-refractivity contribution in [3.05, 3.63) is 12.2 Å². The van der Waals surface area contributed by atoms with E-state index in [0.29, 0.717) is 6.54 Å². The molecule has 7 nitrogen and oxygen atoms in total. The van der Waals surface area contributed by atoms with Crippen LogP contribution >= 0.6 is 0 Å². The van der Waals surface area contributed by atoms with E-state index in [4.69, 9.17) is 0 Å². The zero-order valence-electron chi connectivity index (χ0n) is 22.7. The average molecular weight is 499 g/mol. The summed E-state index contributed by atoms with van der Waals surface area (Å²) in [6.45, 7) is 8.32. The standard InChI is InChI=1S/C28H51NO6/c1-5-6-7-8-9-10-11-12-13-14-15-16-17-18-19-29(20-23(2)26(30)31,21-24(3)27(32)33)22-25(4)28(34)35/h15-16,23-25H,5-14,17-22H2,1-4H3,(H2-,30,31,32,33,34,35)/p+1/b16-15+. The maximum atomic E-state index is 11.6. The Bertz CT molecular complexity index is 578. The Hall–Kier alpha value is -1.89. The zero-order chi connectivity index (χ0) is 26.7. The summed E-state index contributed by atoms with van der Waals surface area (Å²) >= 11 is 0. The number of rotatable bonds is 23. The topological polar surface area (TPSA) is 112 Å². The van der Waals surface area contributed by atoms with E-state index in [1.807, 2.05) is 0 Å². The van der Waals surface area contributed by atoms with E-state index in [1.54, 1.807) is 20.8 Å². The van der Waals surface area contributed by atoms with Gasteiger partial charge in [0.25, 0.3) is 0 Å². The highest BCUT2D eigenvalue weighted by atomic mass is 16.4. The quantitative estimate of drug-likeness (QED) is 0.0875. The van der Waals surface area contributed by atoms with Crippen LogP contribution in [0.2, 0.25) is 0 Å². The van der Waals surface area contributed by atoms with E-state index in [-0.39, 0.29) is 24.1 Å². The number of allylic oxidation sites excluding steroid dienone is 2. The fraction of sp³-hybridized carbons (Fsp3) is 0.821. The van der Waals surface area contributed by atoms with Crippen molar-refractivity contribution in [3.63, 3.8) is 0 Å². The summed E-state index contributed by atoms with van der Waals surface area (Å²) in [6.07, 6.45) is 18.8. The van der Waals surface area contributed by atoms with Crippen LogP contribution in [0.5, 0.6) is 0 Å². The predicted octanol–water partition coefficient (Wildman–Crippen LogP) is 6.22. The minimum atomic E-state index is -0.945. The van der Waals surface area contributed by atoms with Crippen molar-refractivity contribution in [1.82, 2.24) is 0 Å². The minimum absolute atomic E-state index is 0.195. The molecule has 0 aromatic rings. The Morgan fingerprint density at radius 2 is 0.943 bits per heavy atom. The third-order valence-electron chi connectivity index (χ3n) is 6.89. The molecule has 3 atom stereocenters. The maximum Gasteiger partial charge on any atom is 0.311 e.